The van der Waals surface area contributed by atoms with E-state index < -0.39 is 0 Å². The number of aliphatic hydroxyl groups excluding tert-OH is 1. The Bertz CT molecular complexity index is 581. The van der Waals surface area contributed by atoms with Gasteiger partial charge in [-0.15, -0.1) is 11.3 Å². The molecule has 0 bridgehead atoms. The molecule has 0 aliphatic carbocycles. The largest absolute Gasteiger partial charge is 0.392 e. The summed E-state index contributed by atoms with van der Waals surface area (Å²) in [6, 6.07) is 3.80. The van der Waals surface area contributed by atoms with Crippen molar-refractivity contribution in [2.24, 2.45) is 0 Å². The fraction of sp³-hybridized carbons (Fsp3) is 0.333. The van der Waals surface area contributed by atoms with Crippen molar-refractivity contribution in [2.45, 2.75) is 32.8 Å². The van der Waals surface area contributed by atoms with Crippen molar-refractivity contribution >= 4 is 22.9 Å². The molecule has 20 heavy (non-hydrogen) atoms. The lowest BCUT2D eigenvalue weighted by Gasteiger charge is -2.08. The number of nitrogens with one attached hydrogen (secondary N) is 1. The number of pyridine rings is 1. The summed E-state index contributed by atoms with van der Waals surface area (Å²) >= 11 is 1.74. The molecule has 2 aromatic heterocycles. The van der Waals surface area contributed by atoms with Crippen molar-refractivity contribution in [3.05, 3.63) is 45.9 Å². The highest BCUT2D eigenvalue weighted by Crippen LogP contribution is 2.18. The molecule has 2 aromatic rings. The first-order valence-corrected chi connectivity index (χ1v) is 7.45. The molecule has 0 radical (unpaired) electrons. The normalized spacial score (nSPS) is 10.5. The molecule has 2 N–H and O–H groups in total. The lowest BCUT2D eigenvalue weighted by molar-refractivity contribution is -0.116. The Morgan fingerprint density at radius 1 is 1.45 bits per heavy atom. The van der Waals surface area contributed by atoms with Gasteiger partial charge in [0.2, 0.25) is 5.91 Å². The van der Waals surface area contributed by atoms with Crippen molar-refractivity contribution in [1.29, 1.82) is 0 Å². The second-order valence-electron chi connectivity index (χ2n) is 4.62. The van der Waals surface area contributed by atoms with Gasteiger partial charge in [-0.05, 0) is 42.8 Å². The fourth-order valence-corrected chi connectivity index (χ4v) is 2.91. The summed E-state index contributed by atoms with van der Waals surface area (Å²) in [5.41, 5.74) is 2.57. The number of carbonyl (C=O) groups excluding carboxylic acids is 1. The molecule has 0 aliphatic rings. The number of aryl methyl sites for hydroxylation is 2. The number of nitrogens with zero attached hydrogens (tertiary/aromatic N) is 1. The number of hydrogen-bond acceptors (Lipinski definition) is 4. The number of carbonyl (C=O) groups is 1. The quantitative estimate of drug-likeness (QED) is 0.860. The second-order valence-corrected chi connectivity index (χ2v) is 5.62. The molecule has 0 saturated heterocycles. The topological polar surface area (TPSA) is 62.2 Å². The minimum atomic E-state index is -0.105. The van der Waals surface area contributed by atoms with Crippen molar-refractivity contribution in [3.8, 4) is 0 Å². The van der Waals surface area contributed by atoms with Gasteiger partial charge >= 0.3 is 0 Å². The molecule has 2 rings (SSSR count). The van der Waals surface area contributed by atoms with Crippen LogP contribution in [0.4, 0.5) is 5.69 Å². The molecule has 106 valence electrons. The molecule has 5 heteroatoms. The van der Waals surface area contributed by atoms with Crippen LogP contribution in [-0.2, 0) is 17.8 Å². The number of aromatic nitrogens is 1. The van der Waals surface area contributed by atoms with E-state index in [2.05, 4.69) is 28.7 Å². The van der Waals surface area contributed by atoms with Crippen molar-refractivity contribution < 1.29 is 9.90 Å². The Hall–Kier alpha value is -1.72. The average Bonchev–Trinajstić information content (AvgIpc) is 2.85. The Morgan fingerprint density at radius 3 is 3.00 bits per heavy atom. The molecular formula is C15H18N2O2S. The lowest BCUT2D eigenvalue weighted by atomic mass is 10.1. The van der Waals surface area contributed by atoms with Crippen LogP contribution in [0.25, 0.3) is 0 Å². The highest BCUT2D eigenvalue weighted by molar-refractivity contribution is 7.10. The van der Waals surface area contributed by atoms with E-state index in [4.69, 9.17) is 0 Å². The van der Waals surface area contributed by atoms with Crippen LogP contribution in [0.15, 0.2) is 29.9 Å². The molecule has 0 saturated carbocycles. The molecule has 1 amide bonds. The summed E-state index contributed by atoms with van der Waals surface area (Å²) in [4.78, 5) is 17.2. The maximum absolute atomic E-state index is 11.9. The third-order valence-corrected chi connectivity index (χ3v) is 4.21. The van der Waals surface area contributed by atoms with E-state index in [0.717, 1.165) is 12.8 Å². The zero-order chi connectivity index (χ0) is 14.4. The fourth-order valence-electron chi connectivity index (χ4n) is 1.96. The summed E-state index contributed by atoms with van der Waals surface area (Å²) in [5.74, 6) is -0.0399. The van der Waals surface area contributed by atoms with E-state index in [1.54, 1.807) is 29.8 Å². The Morgan fingerprint density at radius 2 is 2.30 bits per heavy atom. The summed E-state index contributed by atoms with van der Waals surface area (Å²) < 4.78 is 0. The molecule has 0 atom stereocenters. The van der Waals surface area contributed by atoms with Gasteiger partial charge in [-0.25, -0.2) is 0 Å². The monoisotopic (exact) mass is 290 g/mol. The van der Waals surface area contributed by atoms with Gasteiger partial charge in [0.15, 0.2) is 0 Å². The summed E-state index contributed by atoms with van der Waals surface area (Å²) in [6.07, 6.45) is 5.38. The van der Waals surface area contributed by atoms with E-state index in [1.807, 2.05) is 0 Å². The van der Waals surface area contributed by atoms with Gasteiger partial charge in [-0.2, -0.15) is 0 Å². The maximum atomic E-state index is 11.9. The Balaban J connectivity index is 1.82. The van der Waals surface area contributed by atoms with Gasteiger partial charge < -0.3 is 10.4 Å². The van der Waals surface area contributed by atoms with Crippen LogP contribution in [0, 0.1) is 6.92 Å². The van der Waals surface area contributed by atoms with Crippen molar-refractivity contribution in [3.63, 3.8) is 0 Å². The summed E-state index contributed by atoms with van der Waals surface area (Å²) in [7, 11) is 0. The number of hydrogen-bond donors (Lipinski definition) is 2. The van der Waals surface area contributed by atoms with Crippen LogP contribution < -0.4 is 5.32 Å². The second kappa shape index (κ2) is 7.17. The highest BCUT2D eigenvalue weighted by Gasteiger charge is 2.07. The zero-order valence-corrected chi connectivity index (χ0v) is 12.2. The minimum Gasteiger partial charge on any atom is -0.392 e. The highest BCUT2D eigenvalue weighted by atomic mass is 32.1. The van der Waals surface area contributed by atoms with Crippen LogP contribution in [0.2, 0.25) is 0 Å². The molecule has 4 nitrogen and oxygen atoms in total. The third kappa shape index (κ3) is 3.88. The molecule has 0 fully saturated rings. The van der Waals surface area contributed by atoms with E-state index in [0.29, 0.717) is 17.7 Å². The van der Waals surface area contributed by atoms with E-state index in [9.17, 15) is 9.90 Å². The smallest absolute Gasteiger partial charge is 0.224 e. The number of rotatable bonds is 6. The molecule has 0 aliphatic heterocycles. The SMILES string of the molecule is Cc1ccsc1CCCC(=O)Nc1cnccc1CO. The maximum Gasteiger partial charge on any atom is 0.224 e. The first kappa shape index (κ1) is 14.7. The molecular weight excluding hydrogens is 272 g/mol. The Labute approximate surface area is 122 Å². The van der Waals surface area contributed by atoms with Crippen LogP contribution in [0.5, 0.6) is 0 Å². The van der Waals surface area contributed by atoms with E-state index in [1.165, 1.54) is 10.4 Å². The number of thiophene rings is 1. The van der Waals surface area contributed by atoms with Crippen LogP contribution in [0.3, 0.4) is 0 Å². The molecule has 0 aromatic carbocycles. The van der Waals surface area contributed by atoms with Gasteiger partial charge in [-0.3, -0.25) is 9.78 Å². The predicted molar refractivity (Wildman–Crippen MR) is 80.8 cm³/mol. The Kier molecular flexibility index (Phi) is 5.26. The average molecular weight is 290 g/mol. The number of amides is 1. The van der Waals surface area contributed by atoms with Gasteiger partial charge in [0, 0.05) is 23.1 Å². The van der Waals surface area contributed by atoms with Crippen LogP contribution in [-0.4, -0.2) is 16.0 Å². The standard InChI is InChI=1S/C15H18N2O2S/c1-11-6-8-20-14(11)3-2-4-15(19)17-13-9-16-7-5-12(13)10-18/h5-9,18H,2-4,10H2,1H3,(H,17,19). The minimum absolute atomic E-state index is 0.0399. The zero-order valence-electron chi connectivity index (χ0n) is 11.4. The third-order valence-electron chi connectivity index (χ3n) is 3.13. The summed E-state index contributed by atoms with van der Waals surface area (Å²) in [5, 5.41) is 14.1. The first-order chi connectivity index (χ1) is 9.70. The van der Waals surface area contributed by atoms with Gasteiger partial charge in [0.25, 0.3) is 0 Å². The lowest BCUT2D eigenvalue weighted by Crippen LogP contribution is -2.13. The van der Waals surface area contributed by atoms with Crippen molar-refractivity contribution in [2.75, 3.05) is 5.32 Å². The summed E-state index contributed by atoms with van der Waals surface area (Å²) in [6.45, 7) is 1.99. The van der Waals surface area contributed by atoms with Crippen molar-refractivity contribution in [1.82, 2.24) is 4.98 Å². The number of anilines is 1. The van der Waals surface area contributed by atoms with Gasteiger partial charge in [0.05, 0.1) is 18.5 Å². The predicted octanol–water partition coefficient (Wildman–Crippen LogP) is 2.91. The van der Waals surface area contributed by atoms with Gasteiger partial charge in [0.1, 0.15) is 0 Å². The molecule has 0 unspecified atom stereocenters. The van der Waals surface area contributed by atoms with Crippen LogP contribution >= 0.6 is 11.3 Å². The van der Waals surface area contributed by atoms with Gasteiger partial charge in [-0.1, -0.05) is 0 Å². The first-order valence-electron chi connectivity index (χ1n) is 6.57. The molecule has 2 heterocycles. The van der Waals surface area contributed by atoms with E-state index in [-0.39, 0.29) is 12.5 Å². The van der Waals surface area contributed by atoms with Crippen LogP contribution in [0.1, 0.15) is 28.8 Å². The number of aliphatic hydroxyl groups is 1. The van der Waals surface area contributed by atoms with E-state index >= 15 is 0 Å². The molecule has 0 spiro atoms.